The van der Waals surface area contributed by atoms with Crippen molar-refractivity contribution < 1.29 is 33.4 Å². The molecule has 0 N–H and O–H groups in total. The fourth-order valence-electron chi connectivity index (χ4n) is 2.72. The van der Waals surface area contributed by atoms with Crippen molar-refractivity contribution in [3.8, 4) is 0 Å². The van der Waals surface area contributed by atoms with Crippen LogP contribution < -0.4 is 0 Å². The molecule has 0 bridgehead atoms. The van der Waals surface area contributed by atoms with Crippen LogP contribution >= 0.6 is 0 Å². The van der Waals surface area contributed by atoms with Gasteiger partial charge < -0.3 is 14.2 Å². The molecule has 0 radical (unpaired) electrons. The van der Waals surface area contributed by atoms with Crippen LogP contribution in [-0.2, 0) is 33.4 Å². The molecule has 0 saturated carbocycles. The predicted octanol–water partition coefficient (Wildman–Crippen LogP) is 0.875. The van der Waals surface area contributed by atoms with Gasteiger partial charge in [0.05, 0.1) is 19.3 Å². The minimum atomic E-state index is -1.32. The minimum Gasteiger partial charge on any atom is -0.465 e. The Hall–Kier alpha value is -1.96. The van der Waals surface area contributed by atoms with Gasteiger partial charge in [-0.15, -0.1) is 0 Å². The van der Waals surface area contributed by atoms with E-state index >= 15 is 0 Å². The van der Waals surface area contributed by atoms with E-state index in [4.69, 9.17) is 14.2 Å². The van der Waals surface area contributed by atoms with E-state index in [2.05, 4.69) is 0 Å². The molecule has 0 unspecified atom stereocenters. The molecule has 1 rings (SSSR count). The van der Waals surface area contributed by atoms with E-state index in [1.165, 1.54) is 6.92 Å². The number of likely N-dealkylation sites (tertiary alicyclic amines) is 1. The number of esters is 2. The highest BCUT2D eigenvalue weighted by atomic mass is 16.6. The lowest BCUT2D eigenvalue weighted by Gasteiger charge is -2.30. The van der Waals surface area contributed by atoms with Crippen molar-refractivity contribution >= 4 is 23.8 Å². The second-order valence-electron chi connectivity index (χ2n) is 5.71. The molecule has 0 aromatic carbocycles. The molecule has 8 nitrogen and oxygen atoms in total. The summed E-state index contributed by atoms with van der Waals surface area (Å²) in [6.07, 6.45) is -1.48. The molecular weight excluding hydrogens is 318 g/mol. The monoisotopic (exact) mass is 343 g/mol. The zero-order valence-corrected chi connectivity index (χ0v) is 14.7. The average Bonchev–Trinajstić information content (AvgIpc) is 2.75. The van der Waals surface area contributed by atoms with Crippen LogP contribution in [0.5, 0.6) is 0 Å². The Bertz CT molecular complexity index is 485. The Kier molecular flexibility index (Phi) is 7.34. The standard InChI is InChI=1S/C16H25NO7/c1-6-22-15(20)13(16(21)23-7-2)11-8-12(19)17(10(5)18)14(11)24-9(3)4/h9,11,13-14H,6-8H2,1-5H3/t11-,14-/m1/s1. The summed E-state index contributed by atoms with van der Waals surface area (Å²) in [5, 5.41) is 0. The van der Waals surface area contributed by atoms with Crippen LogP contribution in [0.15, 0.2) is 0 Å². The quantitative estimate of drug-likeness (QED) is 0.499. The maximum absolute atomic E-state index is 12.3. The Morgan fingerprint density at radius 3 is 2.00 bits per heavy atom. The van der Waals surface area contributed by atoms with Crippen LogP contribution in [-0.4, -0.2) is 54.2 Å². The molecule has 2 amide bonds. The molecule has 0 aromatic heterocycles. The topological polar surface area (TPSA) is 99.2 Å². The fourth-order valence-corrected chi connectivity index (χ4v) is 2.72. The average molecular weight is 343 g/mol. The van der Waals surface area contributed by atoms with Gasteiger partial charge in [-0.05, 0) is 27.7 Å². The zero-order valence-electron chi connectivity index (χ0n) is 14.7. The summed E-state index contributed by atoms with van der Waals surface area (Å²) >= 11 is 0. The Morgan fingerprint density at radius 2 is 1.62 bits per heavy atom. The maximum atomic E-state index is 12.3. The van der Waals surface area contributed by atoms with Crippen molar-refractivity contribution in [2.75, 3.05) is 13.2 Å². The highest BCUT2D eigenvalue weighted by molar-refractivity contribution is 6.00. The van der Waals surface area contributed by atoms with Crippen LogP contribution in [0.2, 0.25) is 0 Å². The van der Waals surface area contributed by atoms with Crippen LogP contribution in [0.25, 0.3) is 0 Å². The molecule has 1 aliphatic heterocycles. The molecule has 0 aromatic rings. The van der Waals surface area contributed by atoms with E-state index < -0.39 is 41.8 Å². The van der Waals surface area contributed by atoms with Gasteiger partial charge in [0.2, 0.25) is 11.8 Å². The van der Waals surface area contributed by atoms with E-state index in [-0.39, 0.29) is 25.7 Å². The van der Waals surface area contributed by atoms with Gasteiger partial charge in [0.15, 0.2) is 5.92 Å². The first kappa shape index (κ1) is 20.1. The van der Waals surface area contributed by atoms with E-state index in [1.54, 1.807) is 27.7 Å². The van der Waals surface area contributed by atoms with Crippen molar-refractivity contribution in [3.63, 3.8) is 0 Å². The Balaban J connectivity index is 3.21. The normalized spacial score (nSPS) is 20.6. The molecule has 0 aliphatic carbocycles. The smallest absolute Gasteiger partial charge is 0.320 e. The fraction of sp³-hybridized carbons (Fsp3) is 0.750. The highest BCUT2D eigenvalue weighted by Crippen LogP contribution is 2.35. The first-order valence-corrected chi connectivity index (χ1v) is 8.05. The SMILES string of the molecule is CCOC(=O)C(C(=O)OCC)[C@H]1CC(=O)N(C(C)=O)[C@@H]1OC(C)C. The molecule has 8 heteroatoms. The number of carbonyl (C=O) groups is 4. The minimum absolute atomic E-state index is 0.0849. The largest absolute Gasteiger partial charge is 0.465 e. The van der Waals surface area contributed by atoms with Gasteiger partial charge in [0.1, 0.15) is 6.23 Å². The zero-order chi connectivity index (χ0) is 18.4. The van der Waals surface area contributed by atoms with E-state index in [0.29, 0.717) is 0 Å². The molecule has 1 aliphatic rings. The number of rotatable bonds is 7. The van der Waals surface area contributed by atoms with E-state index in [1.807, 2.05) is 0 Å². The lowest BCUT2D eigenvalue weighted by molar-refractivity contribution is -0.175. The summed E-state index contributed by atoms with van der Waals surface area (Å²) < 4.78 is 15.6. The van der Waals surface area contributed by atoms with Crippen molar-refractivity contribution in [1.29, 1.82) is 0 Å². The van der Waals surface area contributed by atoms with Gasteiger partial charge in [-0.3, -0.25) is 24.1 Å². The van der Waals surface area contributed by atoms with E-state index in [9.17, 15) is 19.2 Å². The summed E-state index contributed by atoms with van der Waals surface area (Å²) in [5.74, 6) is -4.71. The molecule has 136 valence electrons. The van der Waals surface area contributed by atoms with Crippen LogP contribution in [0.3, 0.4) is 0 Å². The van der Waals surface area contributed by atoms with Gasteiger partial charge in [-0.25, -0.2) is 0 Å². The van der Waals surface area contributed by atoms with Crippen molar-refractivity contribution in [1.82, 2.24) is 4.90 Å². The lowest BCUT2D eigenvalue weighted by Crippen LogP contribution is -2.46. The molecule has 1 fully saturated rings. The van der Waals surface area contributed by atoms with Crippen molar-refractivity contribution in [2.45, 2.75) is 53.4 Å². The van der Waals surface area contributed by atoms with E-state index in [0.717, 1.165) is 4.90 Å². The van der Waals surface area contributed by atoms with Gasteiger partial charge in [-0.1, -0.05) is 0 Å². The number of hydrogen-bond donors (Lipinski definition) is 0. The predicted molar refractivity (Wildman–Crippen MR) is 82.4 cm³/mol. The number of hydrogen-bond acceptors (Lipinski definition) is 7. The van der Waals surface area contributed by atoms with Crippen LogP contribution in [0.1, 0.15) is 41.0 Å². The maximum Gasteiger partial charge on any atom is 0.320 e. The summed E-state index contributed by atoms with van der Waals surface area (Å²) in [6.45, 7) is 8.11. The van der Waals surface area contributed by atoms with Gasteiger partial charge in [0.25, 0.3) is 0 Å². The summed E-state index contributed by atoms with van der Waals surface area (Å²) in [4.78, 5) is 49.5. The summed E-state index contributed by atoms with van der Waals surface area (Å²) in [6, 6.07) is 0. The Labute approximate surface area is 141 Å². The first-order valence-electron chi connectivity index (χ1n) is 8.05. The molecule has 24 heavy (non-hydrogen) atoms. The number of imide groups is 1. The third-order valence-corrected chi connectivity index (χ3v) is 3.56. The van der Waals surface area contributed by atoms with Crippen molar-refractivity contribution in [3.05, 3.63) is 0 Å². The van der Waals surface area contributed by atoms with Gasteiger partial charge in [0, 0.05) is 19.3 Å². The number of carbonyl (C=O) groups excluding carboxylic acids is 4. The van der Waals surface area contributed by atoms with Gasteiger partial charge in [-0.2, -0.15) is 0 Å². The second kappa shape index (κ2) is 8.77. The second-order valence-corrected chi connectivity index (χ2v) is 5.71. The van der Waals surface area contributed by atoms with Crippen molar-refractivity contribution in [2.24, 2.45) is 11.8 Å². The summed E-state index contributed by atoms with van der Waals surface area (Å²) in [7, 11) is 0. The van der Waals surface area contributed by atoms with Gasteiger partial charge >= 0.3 is 11.9 Å². The third kappa shape index (κ3) is 4.53. The van der Waals surface area contributed by atoms with Crippen LogP contribution in [0.4, 0.5) is 0 Å². The lowest BCUT2D eigenvalue weighted by atomic mass is 9.89. The molecule has 0 spiro atoms. The molecule has 2 atom stereocenters. The molecule has 1 saturated heterocycles. The molecular formula is C16H25NO7. The number of ether oxygens (including phenoxy) is 3. The molecule has 1 heterocycles. The summed E-state index contributed by atoms with van der Waals surface area (Å²) in [5.41, 5.74) is 0. The highest BCUT2D eigenvalue weighted by Gasteiger charge is 2.52. The first-order chi connectivity index (χ1) is 11.2. The van der Waals surface area contributed by atoms with Crippen LogP contribution in [0, 0.1) is 11.8 Å². The Morgan fingerprint density at radius 1 is 1.12 bits per heavy atom. The number of amides is 2. The number of nitrogens with zero attached hydrogens (tertiary/aromatic N) is 1. The third-order valence-electron chi connectivity index (χ3n) is 3.56.